The molecule has 0 saturated carbocycles. The summed E-state index contributed by atoms with van der Waals surface area (Å²) in [4.78, 5) is 0. The van der Waals surface area contributed by atoms with Gasteiger partial charge < -0.3 is 18.9 Å². The van der Waals surface area contributed by atoms with E-state index < -0.39 is 0 Å². The van der Waals surface area contributed by atoms with Gasteiger partial charge in [0.15, 0.2) is 11.5 Å². The minimum Gasteiger partial charge on any atom is -0.454 e. The maximum absolute atomic E-state index is 5.48. The molecule has 2 aliphatic rings. The first-order valence-corrected chi connectivity index (χ1v) is 5.00. The molecule has 80 valence electrons. The van der Waals surface area contributed by atoms with E-state index in [-0.39, 0.29) is 0 Å². The normalized spacial score (nSPS) is 21.7. The highest BCUT2D eigenvalue weighted by Crippen LogP contribution is 2.32. The maximum atomic E-state index is 5.48. The third-order valence-electron chi connectivity index (χ3n) is 2.41. The van der Waals surface area contributed by atoms with Crippen molar-refractivity contribution in [1.29, 1.82) is 0 Å². The van der Waals surface area contributed by atoms with Crippen LogP contribution >= 0.6 is 0 Å². The Morgan fingerprint density at radius 1 is 1.27 bits per heavy atom. The Hall–Kier alpha value is -1.26. The molecule has 1 aromatic rings. The van der Waals surface area contributed by atoms with Crippen molar-refractivity contribution in [2.75, 3.05) is 20.0 Å². The molecule has 0 bridgehead atoms. The third kappa shape index (κ3) is 2.06. The van der Waals surface area contributed by atoms with Crippen molar-refractivity contribution in [1.82, 2.24) is 0 Å². The molecule has 3 rings (SSSR count). The summed E-state index contributed by atoms with van der Waals surface area (Å²) in [6, 6.07) is 5.85. The third-order valence-corrected chi connectivity index (χ3v) is 2.41. The Balaban J connectivity index is 1.59. The topological polar surface area (TPSA) is 40.2 Å². The summed E-state index contributed by atoms with van der Waals surface area (Å²) in [6.07, 6.45) is 0.319. The average Bonchev–Trinajstić information content (AvgIpc) is 2.95. The second kappa shape index (κ2) is 3.72. The Bertz CT molecular complexity index is 360. The molecule has 0 unspecified atom stereocenters. The van der Waals surface area contributed by atoms with Crippen LogP contribution in [0.5, 0.6) is 11.5 Å². The highest BCUT2D eigenvalue weighted by molar-refractivity contribution is 5.44. The quantitative estimate of drug-likeness (QED) is 0.700. The molecule has 4 heteroatoms. The van der Waals surface area contributed by atoms with Gasteiger partial charge in [-0.3, -0.25) is 0 Å². The Kier molecular flexibility index (Phi) is 2.23. The van der Waals surface area contributed by atoms with E-state index in [1.807, 2.05) is 18.2 Å². The molecule has 0 N–H and O–H groups in total. The summed E-state index contributed by atoms with van der Waals surface area (Å²) in [5, 5.41) is 0. The van der Waals surface area contributed by atoms with Crippen molar-refractivity contribution in [3.8, 4) is 11.5 Å². The zero-order chi connectivity index (χ0) is 10.1. The zero-order valence-corrected chi connectivity index (χ0v) is 8.27. The van der Waals surface area contributed by atoms with E-state index in [9.17, 15) is 0 Å². The lowest BCUT2D eigenvalue weighted by molar-refractivity contribution is 0.104. The summed E-state index contributed by atoms with van der Waals surface area (Å²) in [6.45, 7) is 2.42. The highest BCUT2D eigenvalue weighted by Gasteiger charge is 2.22. The van der Waals surface area contributed by atoms with Crippen molar-refractivity contribution in [3.63, 3.8) is 0 Å². The fourth-order valence-electron chi connectivity index (χ4n) is 1.50. The molecule has 0 amide bonds. The Morgan fingerprint density at radius 3 is 3.00 bits per heavy atom. The molecule has 2 aliphatic heterocycles. The van der Waals surface area contributed by atoms with Crippen LogP contribution in [-0.2, 0) is 16.1 Å². The fourth-order valence-corrected chi connectivity index (χ4v) is 1.50. The van der Waals surface area contributed by atoms with E-state index in [4.69, 9.17) is 18.9 Å². The van der Waals surface area contributed by atoms with Crippen LogP contribution < -0.4 is 9.47 Å². The molecular formula is C11H12O4. The van der Waals surface area contributed by atoms with Gasteiger partial charge in [0.2, 0.25) is 6.79 Å². The van der Waals surface area contributed by atoms with Gasteiger partial charge in [-0.2, -0.15) is 0 Å². The molecule has 4 nitrogen and oxygen atoms in total. The minimum atomic E-state index is 0.315. The van der Waals surface area contributed by atoms with Crippen LogP contribution in [0.3, 0.4) is 0 Å². The molecule has 0 aromatic heterocycles. The van der Waals surface area contributed by atoms with Crippen LogP contribution in [0.15, 0.2) is 18.2 Å². The minimum absolute atomic E-state index is 0.315. The summed E-state index contributed by atoms with van der Waals surface area (Å²) in [7, 11) is 0. The van der Waals surface area contributed by atoms with Gasteiger partial charge in [0.05, 0.1) is 19.8 Å². The number of rotatable bonds is 4. The van der Waals surface area contributed by atoms with Crippen molar-refractivity contribution in [2.45, 2.75) is 12.7 Å². The Labute approximate surface area is 87.7 Å². The number of epoxide rings is 1. The van der Waals surface area contributed by atoms with Crippen molar-refractivity contribution >= 4 is 0 Å². The molecule has 1 atom stereocenters. The second-order valence-corrected chi connectivity index (χ2v) is 3.66. The van der Waals surface area contributed by atoms with Gasteiger partial charge in [-0.25, -0.2) is 0 Å². The van der Waals surface area contributed by atoms with Gasteiger partial charge in [-0.05, 0) is 17.7 Å². The van der Waals surface area contributed by atoms with E-state index in [1.54, 1.807) is 0 Å². The molecule has 1 aromatic carbocycles. The van der Waals surface area contributed by atoms with Crippen LogP contribution in [-0.4, -0.2) is 26.1 Å². The van der Waals surface area contributed by atoms with Crippen molar-refractivity contribution < 1.29 is 18.9 Å². The molecule has 0 spiro atoms. The van der Waals surface area contributed by atoms with Crippen LogP contribution in [0.4, 0.5) is 0 Å². The second-order valence-electron chi connectivity index (χ2n) is 3.66. The van der Waals surface area contributed by atoms with Gasteiger partial charge in [0, 0.05) is 0 Å². The predicted octanol–water partition coefficient (Wildman–Crippen LogP) is 1.33. The summed E-state index contributed by atoms with van der Waals surface area (Å²) in [5.41, 5.74) is 1.10. The largest absolute Gasteiger partial charge is 0.454 e. The maximum Gasteiger partial charge on any atom is 0.231 e. The SMILES string of the molecule is c1cc2c(cc1COC[C@@H]1CO1)OCO2. The summed E-state index contributed by atoms with van der Waals surface area (Å²) < 4.78 is 21.0. The molecule has 0 aliphatic carbocycles. The lowest BCUT2D eigenvalue weighted by Crippen LogP contribution is -2.01. The molecule has 0 radical (unpaired) electrons. The van der Waals surface area contributed by atoms with E-state index in [0.29, 0.717) is 26.1 Å². The van der Waals surface area contributed by atoms with Gasteiger partial charge in [-0.1, -0.05) is 6.07 Å². The Morgan fingerprint density at radius 2 is 2.13 bits per heavy atom. The predicted molar refractivity (Wildman–Crippen MR) is 52.0 cm³/mol. The molecular weight excluding hydrogens is 196 g/mol. The molecule has 15 heavy (non-hydrogen) atoms. The summed E-state index contributed by atoms with van der Waals surface area (Å²) in [5.74, 6) is 1.61. The van der Waals surface area contributed by atoms with Crippen molar-refractivity contribution in [3.05, 3.63) is 23.8 Å². The number of ether oxygens (including phenoxy) is 4. The van der Waals surface area contributed by atoms with E-state index in [0.717, 1.165) is 23.7 Å². The van der Waals surface area contributed by atoms with Crippen LogP contribution in [0.25, 0.3) is 0 Å². The standard InChI is InChI=1S/C11H12O4/c1-2-10-11(15-7-14-10)3-8(1)4-12-5-9-6-13-9/h1-3,9H,4-7H2/t9-/m1/s1. The number of hydrogen-bond acceptors (Lipinski definition) is 4. The molecule has 2 heterocycles. The van der Waals surface area contributed by atoms with Gasteiger partial charge in [0.1, 0.15) is 6.10 Å². The van der Waals surface area contributed by atoms with Gasteiger partial charge >= 0.3 is 0 Å². The van der Waals surface area contributed by atoms with Crippen molar-refractivity contribution in [2.24, 2.45) is 0 Å². The van der Waals surface area contributed by atoms with Gasteiger partial charge in [0.25, 0.3) is 0 Å². The first kappa shape index (κ1) is 9.00. The molecule has 1 fully saturated rings. The first-order chi connectivity index (χ1) is 7.42. The number of fused-ring (bicyclic) bond motifs is 1. The fraction of sp³-hybridized carbons (Fsp3) is 0.455. The zero-order valence-electron chi connectivity index (χ0n) is 8.27. The monoisotopic (exact) mass is 208 g/mol. The van der Waals surface area contributed by atoms with E-state index >= 15 is 0 Å². The van der Waals surface area contributed by atoms with Crippen LogP contribution in [0.1, 0.15) is 5.56 Å². The summed E-state index contributed by atoms with van der Waals surface area (Å²) >= 11 is 0. The van der Waals surface area contributed by atoms with Crippen LogP contribution in [0.2, 0.25) is 0 Å². The van der Waals surface area contributed by atoms with Crippen LogP contribution in [0, 0.1) is 0 Å². The smallest absolute Gasteiger partial charge is 0.231 e. The lowest BCUT2D eigenvalue weighted by Gasteiger charge is -2.03. The van der Waals surface area contributed by atoms with Gasteiger partial charge in [-0.15, -0.1) is 0 Å². The molecule has 1 saturated heterocycles. The van der Waals surface area contributed by atoms with E-state index in [1.165, 1.54) is 0 Å². The number of hydrogen-bond donors (Lipinski definition) is 0. The lowest BCUT2D eigenvalue weighted by atomic mass is 10.2. The average molecular weight is 208 g/mol. The van der Waals surface area contributed by atoms with E-state index in [2.05, 4.69) is 0 Å². The highest BCUT2D eigenvalue weighted by atomic mass is 16.7. The number of benzene rings is 1. The first-order valence-electron chi connectivity index (χ1n) is 5.00.